The van der Waals surface area contributed by atoms with E-state index in [4.69, 9.17) is 5.73 Å². The van der Waals surface area contributed by atoms with Crippen molar-refractivity contribution in [2.24, 2.45) is 12.8 Å². The number of rotatable bonds is 4. The summed E-state index contributed by atoms with van der Waals surface area (Å²) in [5, 5.41) is 4.16. The molecule has 1 saturated heterocycles. The normalized spacial score (nSPS) is 22.0. The van der Waals surface area contributed by atoms with E-state index < -0.39 is 0 Å². The molecule has 1 fully saturated rings. The predicted octanol–water partition coefficient (Wildman–Crippen LogP) is -0.200. The van der Waals surface area contributed by atoms with Crippen molar-refractivity contribution in [3.8, 4) is 0 Å². The highest BCUT2D eigenvalue weighted by Crippen LogP contribution is 2.15. The number of aryl methyl sites for hydroxylation is 1. The average molecular weight is 265 g/mol. The van der Waals surface area contributed by atoms with Gasteiger partial charge >= 0.3 is 0 Å². The maximum absolute atomic E-state index is 11.7. The lowest BCUT2D eigenvalue weighted by Gasteiger charge is -2.41. The lowest BCUT2D eigenvalue weighted by atomic mass is 10.1. The van der Waals surface area contributed by atoms with Gasteiger partial charge in [-0.1, -0.05) is 0 Å². The quantitative estimate of drug-likeness (QED) is 0.819. The summed E-state index contributed by atoms with van der Waals surface area (Å²) in [6.45, 7) is 7.58. The van der Waals surface area contributed by atoms with Crippen LogP contribution in [0.2, 0.25) is 0 Å². The number of aromatic nitrogens is 2. The molecule has 0 aliphatic carbocycles. The Morgan fingerprint density at radius 2 is 2.26 bits per heavy atom. The molecule has 0 aromatic carbocycles. The van der Waals surface area contributed by atoms with E-state index in [1.807, 2.05) is 19.4 Å². The smallest absolute Gasteiger partial charge is 0.236 e. The van der Waals surface area contributed by atoms with Crippen molar-refractivity contribution in [2.75, 3.05) is 19.6 Å². The summed E-state index contributed by atoms with van der Waals surface area (Å²) in [7, 11) is 1.89. The topological polar surface area (TPSA) is 67.4 Å². The van der Waals surface area contributed by atoms with E-state index in [1.54, 1.807) is 4.68 Å². The fraction of sp³-hybridized carbons (Fsp3) is 0.692. The van der Waals surface area contributed by atoms with Crippen molar-refractivity contribution in [3.63, 3.8) is 0 Å². The monoisotopic (exact) mass is 265 g/mol. The molecule has 2 heterocycles. The zero-order valence-electron chi connectivity index (χ0n) is 11.9. The second-order valence-electron chi connectivity index (χ2n) is 5.50. The minimum absolute atomic E-state index is 0.212. The van der Waals surface area contributed by atoms with E-state index in [0.29, 0.717) is 12.6 Å². The van der Waals surface area contributed by atoms with Crippen LogP contribution < -0.4 is 5.73 Å². The molecule has 2 rings (SSSR count). The third-order valence-electron chi connectivity index (χ3n) is 3.73. The second kappa shape index (κ2) is 5.71. The standard InChI is InChI=1S/C13H23N5O/c1-10(2)17-4-5-18(12(9-17)13(14)19)8-11-6-15-16(3)7-11/h6-7,10,12H,4-5,8-9H2,1-3H3,(H2,14,19). The van der Waals surface area contributed by atoms with Gasteiger partial charge < -0.3 is 5.73 Å². The van der Waals surface area contributed by atoms with Crippen molar-refractivity contribution in [1.82, 2.24) is 19.6 Å². The largest absolute Gasteiger partial charge is 0.368 e. The molecule has 19 heavy (non-hydrogen) atoms. The van der Waals surface area contributed by atoms with Crippen molar-refractivity contribution in [3.05, 3.63) is 18.0 Å². The zero-order chi connectivity index (χ0) is 14.0. The van der Waals surface area contributed by atoms with Gasteiger partial charge in [0.2, 0.25) is 5.91 Å². The summed E-state index contributed by atoms with van der Waals surface area (Å²) in [4.78, 5) is 16.1. The molecule has 0 saturated carbocycles. The van der Waals surface area contributed by atoms with Crippen LogP contribution in [0, 0.1) is 0 Å². The highest BCUT2D eigenvalue weighted by atomic mass is 16.1. The van der Waals surface area contributed by atoms with E-state index in [2.05, 4.69) is 28.7 Å². The van der Waals surface area contributed by atoms with Crippen LogP contribution in [-0.2, 0) is 18.4 Å². The first-order valence-corrected chi connectivity index (χ1v) is 6.72. The van der Waals surface area contributed by atoms with Crippen LogP contribution in [0.15, 0.2) is 12.4 Å². The summed E-state index contributed by atoms with van der Waals surface area (Å²) in [5.74, 6) is -0.241. The molecular weight excluding hydrogens is 242 g/mol. The fourth-order valence-corrected chi connectivity index (χ4v) is 2.56. The van der Waals surface area contributed by atoms with Crippen LogP contribution in [0.5, 0.6) is 0 Å². The lowest BCUT2D eigenvalue weighted by Crippen LogP contribution is -2.58. The molecular formula is C13H23N5O. The number of primary amides is 1. The lowest BCUT2D eigenvalue weighted by molar-refractivity contribution is -0.126. The van der Waals surface area contributed by atoms with Gasteiger partial charge in [0, 0.05) is 51.0 Å². The summed E-state index contributed by atoms with van der Waals surface area (Å²) in [5.41, 5.74) is 6.67. The third kappa shape index (κ3) is 3.33. The Kier molecular flexibility index (Phi) is 4.21. The number of carbonyl (C=O) groups is 1. The molecule has 106 valence electrons. The minimum Gasteiger partial charge on any atom is -0.368 e. The van der Waals surface area contributed by atoms with Crippen LogP contribution >= 0.6 is 0 Å². The average Bonchev–Trinajstić information content (AvgIpc) is 2.74. The molecule has 1 aliphatic heterocycles. The molecule has 1 amide bonds. The Hall–Kier alpha value is -1.40. The molecule has 1 unspecified atom stereocenters. The SMILES string of the molecule is CC(C)N1CCN(Cc2cnn(C)c2)C(C(N)=O)C1. The van der Waals surface area contributed by atoms with E-state index in [-0.39, 0.29) is 11.9 Å². The Morgan fingerprint density at radius 3 is 2.79 bits per heavy atom. The number of piperazine rings is 1. The Labute approximate surface area is 114 Å². The highest BCUT2D eigenvalue weighted by molar-refractivity contribution is 5.80. The Balaban J connectivity index is 2.05. The van der Waals surface area contributed by atoms with Crippen molar-refractivity contribution < 1.29 is 4.79 Å². The summed E-state index contributed by atoms with van der Waals surface area (Å²) >= 11 is 0. The van der Waals surface area contributed by atoms with Gasteiger partial charge in [-0.3, -0.25) is 19.3 Å². The van der Waals surface area contributed by atoms with E-state index in [0.717, 1.165) is 25.2 Å². The molecule has 1 aromatic heterocycles. The van der Waals surface area contributed by atoms with Gasteiger partial charge in [-0.2, -0.15) is 5.10 Å². The Morgan fingerprint density at radius 1 is 1.53 bits per heavy atom. The highest BCUT2D eigenvalue weighted by Gasteiger charge is 2.31. The number of hydrogen-bond acceptors (Lipinski definition) is 4. The molecule has 0 radical (unpaired) electrons. The van der Waals surface area contributed by atoms with Gasteiger partial charge in [0.25, 0.3) is 0 Å². The predicted molar refractivity (Wildman–Crippen MR) is 73.3 cm³/mol. The first-order chi connectivity index (χ1) is 8.97. The van der Waals surface area contributed by atoms with Gasteiger partial charge in [-0.25, -0.2) is 0 Å². The molecule has 6 nitrogen and oxygen atoms in total. The van der Waals surface area contributed by atoms with Crippen molar-refractivity contribution in [1.29, 1.82) is 0 Å². The Bertz CT molecular complexity index is 442. The fourth-order valence-electron chi connectivity index (χ4n) is 2.56. The summed E-state index contributed by atoms with van der Waals surface area (Å²) in [6.07, 6.45) is 3.82. The molecule has 1 atom stereocenters. The number of amides is 1. The van der Waals surface area contributed by atoms with Gasteiger partial charge in [0.1, 0.15) is 6.04 Å². The number of nitrogens with zero attached hydrogens (tertiary/aromatic N) is 4. The van der Waals surface area contributed by atoms with Crippen LogP contribution in [0.1, 0.15) is 19.4 Å². The van der Waals surface area contributed by atoms with Crippen molar-refractivity contribution >= 4 is 5.91 Å². The molecule has 2 N–H and O–H groups in total. The maximum Gasteiger partial charge on any atom is 0.236 e. The number of carbonyl (C=O) groups excluding carboxylic acids is 1. The first kappa shape index (κ1) is 14.0. The summed E-state index contributed by atoms with van der Waals surface area (Å²) in [6, 6.07) is 0.235. The minimum atomic E-state index is -0.241. The van der Waals surface area contributed by atoms with E-state index in [1.165, 1.54) is 0 Å². The first-order valence-electron chi connectivity index (χ1n) is 6.72. The number of nitrogens with two attached hydrogens (primary N) is 1. The maximum atomic E-state index is 11.7. The molecule has 0 bridgehead atoms. The number of hydrogen-bond donors (Lipinski definition) is 1. The van der Waals surface area contributed by atoms with Crippen LogP contribution in [0.25, 0.3) is 0 Å². The molecule has 0 spiro atoms. The van der Waals surface area contributed by atoms with E-state index >= 15 is 0 Å². The molecule has 1 aromatic rings. The van der Waals surface area contributed by atoms with Gasteiger partial charge in [-0.05, 0) is 13.8 Å². The second-order valence-corrected chi connectivity index (χ2v) is 5.50. The molecule has 6 heteroatoms. The zero-order valence-corrected chi connectivity index (χ0v) is 11.9. The van der Waals surface area contributed by atoms with Gasteiger partial charge in [0.05, 0.1) is 6.20 Å². The van der Waals surface area contributed by atoms with Gasteiger partial charge in [-0.15, -0.1) is 0 Å². The van der Waals surface area contributed by atoms with Crippen LogP contribution in [0.3, 0.4) is 0 Å². The van der Waals surface area contributed by atoms with E-state index in [9.17, 15) is 4.79 Å². The summed E-state index contributed by atoms with van der Waals surface area (Å²) < 4.78 is 1.78. The van der Waals surface area contributed by atoms with Crippen molar-refractivity contribution in [2.45, 2.75) is 32.5 Å². The van der Waals surface area contributed by atoms with Crippen LogP contribution in [0.4, 0.5) is 0 Å². The van der Waals surface area contributed by atoms with Crippen LogP contribution in [-0.4, -0.2) is 57.2 Å². The molecule has 1 aliphatic rings. The van der Waals surface area contributed by atoms with Gasteiger partial charge in [0.15, 0.2) is 0 Å². The third-order valence-corrected chi connectivity index (χ3v) is 3.73.